The van der Waals surface area contributed by atoms with Gasteiger partial charge in [0.05, 0.1) is 0 Å². The number of benzene rings is 1. The van der Waals surface area contributed by atoms with Gasteiger partial charge in [-0.2, -0.15) is 0 Å². The van der Waals surface area contributed by atoms with Crippen LogP contribution >= 0.6 is 15.9 Å². The fourth-order valence-electron chi connectivity index (χ4n) is 1.06. The zero-order chi connectivity index (χ0) is 12.7. The third-order valence-electron chi connectivity index (χ3n) is 1.84. The van der Waals surface area contributed by atoms with Crippen LogP contribution in [0.25, 0.3) is 0 Å². The van der Waals surface area contributed by atoms with Gasteiger partial charge in [0.25, 0.3) is 11.8 Å². The first kappa shape index (κ1) is 13.7. The minimum absolute atomic E-state index is 0.0741. The number of halogens is 1. The lowest BCUT2D eigenvalue weighted by Crippen LogP contribution is -2.43. The average molecular weight is 301 g/mol. The number of amides is 2. The highest BCUT2D eigenvalue weighted by Gasteiger charge is 2.07. The van der Waals surface area contributed by atoms with Crippen LogP contribution in [0.2, 0.25) is 0 Å². The van der Waals surface area contributed by atoms with Crippen LogP contribution in [0.1, 0.15) is 17.3 Å². The molecule has 17 heavy (non-hydrogen) atoms. The van der Waals surface area contributed by atoms with Gasteiger partial charge in [-0.1, -0.05) is 22.0 Å². The Morgan fingerprint density at radius 2 is 2.12 bits per heavy atom. The third-order valence-corrected chi connectivity index (χ3v) is 2.33. The summed E-state index contributed by atoms with van der Waals surface area (Å²) in [7, 11) is 0. The van der Waals surface area contributed by atoms with E-state index in [0.29, 0.717) is 12.2 Å². The molecule has 1 aromatic carbocycles. The molecular formula is C11H13BrN2O3. The molecule has 92 valence electrons. The lowest BCUT2D eigenvalue weighted by Gasteiger charge is -2.07. The Labute approximate surface area is 108 Å². The van der Waals surface area contributed by atoms with E-state index in [9.17, 15) is 9.59 Å². The van der Waals surface area contributed by atoms with Gasteiger partial charge in [-0.3, -0.25) is 20.4 Å². The van der Waals surface area contributed by atoms with Crippen LogP contribution in [0.3, 0.4) is 0 Å². The van der Waals surface area contributed by atoms with Gasteiger partial charge in [0.15, 0.2) is 0 Å². The normalized spacial score (nSPS) is 9.76. The fourth-order valence-corrected chi connectivity index (χ4v) is 1.46. The minimum atomic E-state index is -0.393. The van der Waals surface area contributed by atoms with Crippen molar-refractivity contribution < 1.29 is 14.3 Å². The minimum Gasteiger partial charge on any atom is -0.372 e. The average Bonchev–Trinajstić information content (AvgIpc) is 2.33. The first-order valence-electron chi connectivity index (χ1n) is 5.06. The van der Waals surface area contributed by atoms with E-state index in [4.69, 9.17) is 4.74 Å². The first-order valence-corrected chi connectivity index (χ1v) is 5.85. The summed E-state index contributed by atoms with van der Waals surface area (Å²) >= 11 is 3.26. The molecule has 0 radical (unpaired) electrons. The van der Waals surface area contributed by atoms with Crippen LogP contribution in [0.15, 0.2) is 28.7 Å². The highest BCUT2D eigenvalue weighted by atomic mass is 79.9. The Kier molecular flexibility index (Phi) is 5.65. The van der Waals surface area contributed by atoms with Crippen molar-refractivity contribution in [1.82, 2.24) is 10.9 Å². The zero-order valence-electron chi connectivity index (χ0n) is 9.33. The highest BCUT2D eigenvalue weighted by Crippen LogP contribution is 2.11. The Bertz CT molecular complexity index is 409. The molecule has 0 saturated carbocycles. The van der Waals surface area contributed by atoms with Crippen molar-refractivity contribution in [2.45, 2.75) is 6.92 Å². The Morgan fingerprint density at radius 1 is 1.35 bits per heavy atom. The van der Waals surface area contributed by atoms with Gasteiger partial charge in [0.2, 0.25) is 0 Å². The monoisotopic (exact) mass is 300 g/mol. The van der Waals surface area contributed by atoms with Gasteiger partial charge in [-0.25, -0.2) is 0 Å². The lowest BCUT2D eigenvalue weighted by molar-refractivity contribution is -0.126. The number of ether oxygens (including phenoxy) is 1. The third kappa shape index (κ3) is 4.97. The predicted molar refractivity (Wildman–Crippen MR) is 66.2 cm³/mol. The molecule has 0 aromatic heterocycles. The molecule has 6 heteroatoms. The van der Waals surface area contributed by atoms with Crippen molar-refractivity contribution in [3.05, 3.63) is 34.3 Å². The van der Waals surface area contributed by atoms with E-state index in [2.05, 4.69) is 26.8 Å². The van der Waals surface area contributed by atoms with Gasteiger partial charge in [0.1, 0.15) is 6.61 Å². The van der Waals surface area contributed by atoms with Gasteiger partial charge in [-0.15, -0.1) is 0 Å². The van der Waals surface area contributed by atoms with Crippen molar-refractivity contribution in [2.24, 2.45) is 0 Å². The SMILES string of the molecule is CCOCC(=O)NNC(=O)c1cccc(Br)c1. The maximum absolute atomic E-state index is 11.6. The molecule has 2 amide bonds. The van der Waals surface area contributed by atoms with Gasteiger partial charge >= 0.3 is 0 Å². The topological polar surface area (TPSA) is 67.4 Å². The quantitative estimate of drug-likeness (QED) is 0.822. The molecule has 5 nitrogen and oxygen atoms in total. The number of carbonyl (C=O) groups is 2. The Morgan fingerprint density at radius 3 is 2.76 bits per heavy atom. The number of hydrazine groups is 1. The molecule has 0 atom stereocenters. The summed E-state index contributed by atoms with van der Waals surface area (Å²) in [5, 5.41) is 0. The molecule has 0 unspecified atom stereocenters. The maximum Gasteiger partial charge on any atom is 0.269 e. The van der Waals surface area contributed by atoms with Gasteiger partial charge in [-0.05, 0) is 25.1 Å². The molecular weight excluding hydrogens is 288 g/mol. The summed E-state index contributed by atoms with van der Waals surface area (Å²) in [5.74, 6) is -0.772. The van der Waals surface area contributed by atoms with Gasteiger partial charge < -0.3 is 4.74 Å². The zero-order valence-corrected chi connectivity index (χ0v) is 10.9. The molecule has 1 aromatic rings. The molecule has 0 spiro atoms. The van der Waals surface area contributed by atoms with Crippen molar-refractivity contribution in [2.75, 3.05) is 13.2 Å². The summed E-state index contributed by atoms with van der Waals surface area (Å²) < 4.78 is 5.68. The van der Waals surface area contributed by atoms with Crippen LogP contribution in [-0.4, -0.2) is 25.0 Å². The summed E-state index contributed by atoms with van der Waals surface area (Å²) in [6, 6.07) is 6.85. The number of hydrogen-bond donors (Lipinski definition) is 2. The molecule has 0 fully saturated rings. The van der Waals surface area contributed by atoms with E-state index in [1.165, 1.54) is 0 Å². The molecule has 0 aliphatic rings. The smallest absolute Gasteiger partial charge is 0.269 e. The molecule has 1 rings (SSSR count). The lowest BCUT2D eigenvalue weighted by atomic mass is 10.2. The number of nitrogens with one attached hydrogen (secondary N) is 2. The summed E-state index contributed by atoms with van der Waals surface area (Å²) in [6.45, 7) is 2.16. The van der Waals surface area contributed by atoms with E-state index >= 15 is 0 Å². The Balaban J connectivity index is 2.42. The molecule has 0 bridgehead atoms. The fraction of sp³-hybridized carbons (Fsp3) is 0.273. The summed E-state index contributed by atoms with van der Waals surface area (Å²) in [6.07, 6.45) is 0. The molecule has 0 heterocycles. The van der Waals surface area contributed by atoms with Crippen LogP contribution in [0.4, 0.5) is 0 Å². The highest BCUT2D eigenvalue weighted by molar-refractivity contribution is 9.10. The van der Waals surface area contributed by atoms with E-state index in [0.717, 1.165) is 4.47 Å². The summed E-state index contributed by atoms with van der Waals surface area (Å²) in [4.78, 5) is 22.7. The van der Waals surface area contributed by atoms with Crippen LogP contribution in [0, 0.1) is 0 Å². The second-order valence-corrected chi connectivity index (χ2v) is 4.07. The molecule has 0 saturated heterocycles. The van der Waals surface area contributed by atoms with Crippen LogP contribution in [-0.2, 0) is 9.53 Å². The Hall–Kier alpha value is -1.40. The first-order chi connectivity index (χ1) is 8.13. The summed E-state index contributed by atoms with van der Waals surface area (Å²) in [5.41, 5.74) is 5.01. The maximum atomic E-state index is 11.6. The van der Waals surface area contributed by atoms with E-state index in [1.807, 2.05) is 6.07 Å². The van der Waals surface area contributed by atoms with Crippen molar-refractivity contribution >= 4 is 27.7 Å². The molecule has 2 N–H and O–H groups in total. The van der Waals surface area contributed by atoms with Crippen LogP contribution < -0.4 is 10.9 Å². The molecule has 0 aliphatic heterocycles. The standard InChI is InChI=1S/C11H13BrN2O3/c1-2-17-7-10(15)13-14-11(16)8-4-3-5-9(12)6-8/h3-6H,2,7H2,1H3,(H,13,15)(H,14,16). The van der Waals surface area contributed by atoms with E-state index in [1.54, 1.807) is 25.1 Å². The van der Waals surface area contributed by atoms with Gasteiger partial charge in [0, 0.05) is 16.6 Å². The predicted octanol–water partition coefficient (Wildman–Crippen LogP) is 1.25. The largest absolute Gasteiger partial charge is 0.372 e. The van der Waals surface area contributed by atoms with Crippen LogP contribution in [0.5, 0.6) is 0 Å². The number of hydrogen-bond acceptors (Lipinski definition) is 3. The molecule has 0 aliphatic carbocycles. The second-order valence-electron chi connectivity index (χ2n) is 3.15. The van der Waals surface area contributed by atoms with Crippen molar-refractivity contribution in [3.8, 4) is 0 Å². The van der Waals surface area contributed by atoms with Crippen molar-refractivity contribution in [3.63, 3.8) is 0 Å². The van der Waals surface area contributed by atoms with Crippen molar-refractivity contribution in [1.29, 1.82) is 0 Å². The number of rotatable bonds is 4. The second kappa shape index (κ2) is 7.03. The number of carbonyl (C=O) groups excluding carboxylic acids is 2. The van der Waals surface area contributed by atoms with E-state index in [-0.39, 0.29) is 12.5 Å². The van der Waals surface area contributed by atoms with E-state index < -0.39 is 5.91 Å².